The maximum atomic E-state index is 12.0. The van der Waals surface area contributed by atoms with E-state index >= 15 is 0 Å². The zero-order valence-corrected chi connectivity index (χ0v) is 12.8. The van der Waals surface area contributed by atoms with Crippen molar-refractivity contribution in [1.82, 2.24) is 10.3 Å². The summed E-state index contributed by atoms with van der Waals surface area (Å²) in [4.78, 5) is 38.2. The van der Waals surface area contributed by atoms with E-state index in [1.165, 1.54) is 11.3 Å². The van der Waals surface area contributed by atoms with E-state index in [-0.39, 0.29) is 24.8 Å². The SMILES string of the molecule is NC(=O)CCNC(=O)c1cc2c(s1)NC(=O)C2=Cc1ccc[nH]1. The molecule has 0 saturated heterocycles. The number of nitrogens with two attached hydrogens (primary N) is 1. The van der Waals surface area contributed by atoms with Gasteiger partial charge in [0, 0.05) is 30.4 Å². The van der Waals surface area contributed by atoms with Crippen molar-refractivity contribution in [2.24, 2.45) is 5.73 Å². The highest BCUT2D eigenvalue weighted by Gasteiger charge is 2.28. The Kier molecular flexibility index (Phi) is 3.98. The topological polar surface area (TPSA) is 117 Å². The summed E-state index contributed by atoms with van der Waals surface area (Å²) in [5.74, 6) is -0.955. The minimum absolute atomic E-state index is 0.0888. The van der Waals surface area contributed by atoms with E-state index in [9.17, 15) is 14.4 Å². The Labute approximate surface area is 135 Å². The highest BCUT2D eigenvalue weighted by molar-refractivity contribution is 7.18. The van der Waals surface area contributed by atoms with E-state index < -0.39 is 5.91 Å². The summed E-state index contributed by atoms with van der Waals surface area (Å²) in [6, 6.07) is 5.36. The summed E-state index contributed by atoms with van der Waals surface area (Å²) < 4.78 is 0. The molecule has 0 bridgehead atoms. The number of hydrogen-bond acceptors (Lipinski definition) is 4. The van der Waals surface area contributed by atoms with Crippen LogP contribution in [0.15, 0.2) is 24.4 Å². The molecule has 1 aliphatic rings. The molecule has 2 aromatic rings. The number of fused-ring (bicyclic) bond motifs is 1. The van der Waals surface area contributed by atoms with Gasteiger partial charge in [-0.2, -0.15) is 0 Å². The first kappa shape index (κ1) is 15.0. The number of rotatable bonds is 5. The quantitative estimate of drug-likeness (QED) is 0.616. The Morgan fingerprint density at radius 3 is 2.91 bits per heavy atom. The third kappa shape index (κ3) is 3.16. The number of aromatic nitrogens is 1. The summed E-state index contributed by atoms with van der Waals surface area (Å²) in [5.41, 5.74) is 7.05. The number of anilines is 1. The van der Waals surface area contributed by atoms with Crippen LogP contribution < -0.4 is 16.4 Å². The van der Waals surface area contributed by atoms with Crippen LogP contribution in [0.1, 0.15) is 27.3 Å². The van der Waals surface area contributed by atoms with Gasteiger partial charge in [-0.25, -0.2) is 0 Å². The normalized spacial score (nSPS) is 14.6. The Balaban J connectivity index is 1.79. The summed E-state index contributed by atoms with van der Waals surface area (Å²) in [6.45, 7) is 0.189. The molecule has 3 amide bonds. The van der Waals surface area contributed by atoms with E-state index in [1.807, 2.05) is 12.1 Å². The number of carbonyl (C=O) groups excluding carboxylic acids is 3. The zero-order valence-electron chi connectivity index (χ0n) is 12.0. The van der Waals surface area contributed by atoms with Gasteiger partial charge in [-0.3, -0.25) is 14.4 Å². The van der Waals surface area contributed by atoms with Crippen LogP contribution in [0.3, 0.4) is 0 Å². The fourth-order valence-electron chi connectivity index (χ4n) is 2.21. The lowest BCUT2D eigenvalue weighted by molar-refractivity contribution is -0.117. The Hall–Kier alpha value is -2.87. The van der Waals surface area contributed by atoms with Gasteiger partial charge in [-0.15, -0.1) is 11.3 Å². The molecule has 0 radical (unpaired) electrons. The molecule has 23 heavy (non-hydrogen) atoms. The number of hydrogen-bond donors (Lipinski definition) is 4. The van der Waals surface area contributed by atoms with Crippen molar-refractivity contribution in [1.29, 1.82) is 0 Å². The highest BCUT2D eigenvalue weighted by Crippen LogP contribution is 2.39. The first-order valence-electron chi connectivity index (χ1n) is 6.92. The minimum Gasteiger partial charge on any atom is -0.370 e. The van der Waals surface area contributed by atoms with E-state index in [0.717, 1.165) is 5.69 Å². The lowest BCUT2D eigenvalue weighted by Crippen LogP contribution is -2.27. The summed E-state index contributed by atoms with van der Waals surface area (Å²) in [6.07, 6.45) is 3.60. The first-order chi connectivity index (χ1) is 11.0. The predicted molar refractivity (Wildman–Crippen MR) is 87.8 cm³/mol. The van der Waals surface area contributed by atoms with Gasteiger partial charge in [0.05, 0.1) is 10.5 Å². The van der Waals surface area contributed by atoms with Crippen molar-refractivity contribution in [3.63, 3.8) is 0 Å². The minimum atomic E-state index is -0.470. The molecule has 3 rings (SSSR count). The molecule has 0 unspecified atom stereocenters. The van der Waals surface area contributed by atoms with Gasteiger partial charge in [0.1, 0.15) is 5.00 Å². The number of aromatic amines is 1. The third-order valence-corrected chi connectivity index (χ3v) is 4.35. The molecule has 5 N–H and O–H groups in total. The number of thiophene rings is 1. The van der Waals surface area contributed by atoms with Crippen LogP contribution in [0, 0.1) is 0 Å². The molecule has 7 nitrogen and oxygen atoms in total. The van der Waals surface area contributed by atoms with E-state index in [1.54, 1.807) is 18.3 Å². The van der Waals surface area contributed by atoms with Crippen LogP contribution in [0.5, 0.6) is 0 Å². The molecule has 3 heterocycles. The molecule has 8 heteroatoms. The molecule has 118 valence electrons. The largest absolute Gasteiger partial charge is 0.370 e. The summed E-state index contributed by atoms with van der Waals surface area (Å²) >= 11 is 1.20. The van der Waals surface area contributed by atoms with Crippen LogP contribution in [-0.4, -0.2) is 29.3 Å². The third-order valence-electron chi connectivity index (χ3n) is 3.30. The van der Waals surface area contributed by atoms with Gasteiger partial charge >= 0.3 is 0 Å². The van der Waals surface area contributed by atoms with Gasteiger partial charge in [0.2, 0.25) is 5.91 Å². The fraction of sp³-hybridized carbons (Fsp3) is 0.133. The van der Waals surface area contributed by atoms with Crippen LogP contribution in [0.2, 0.25) is 0 Å². The number of carbonyl (C=O) groups is 3. The summed E-state index contributed by atoms with van der Waals surface area (Å²) in [5, 5.41) is 6.02. The molecular weight excluding hydrogens is 316 g/mol. The molecular formula is C15H14N4O3S. The van der Waals surface area contributed by atoms with Crippen LogP contribution >= 0.6 is 11.3 Å². The van der Waals surface area contributed by atoms with Crippen molar-refractivity contribution in [3.8, 4) is 0 Å². The smallest absolute Gasteiger partial charge is 0.261 e. The average Bonchev–Trinajstić information content (AvgIpc) is 3.18. The maximum absolute atomic E-state index is 12.0. The number of amides is 3. The highest BCUT2D eigenvalue weighted by atomic mass is 32.1. The van der Waals surface area contributed by atoms with Crippen molar-refractivity contribution in [3.05, 3.63) is 40.5 Å². The average molecular weight is 330 g/mol. The summed E-state index contributed by atoms with van der Waals surface area (Å²) in [7, 11) is 0. The molecule has 0 spiro atoms. The lowest BCUT2D eigenvalue weighted by atomic mass is 10.1. The molecule has 0 fully saturated rings. The van der Waals surface area contributed by atoms with Crippen molar-refractivity contribution in [2.75, 3.05) is 11.9 Å². The molecule has 0 atom stereocenters. The second-order valence-corrected chi connectivity index (χ2v) is 6.02. The van der Waals surface area contributed by atoms with Crippen LogP contribution in [0.25, 0.3) is 11.6 Å². The van der Waals surface area contributed by atoms with Crippen molar-refractivity contribution < 1.29 is 14.4 Å². The number of primary amides is 1. The van der Waals surface area contributed by atoms with Gasteiger partial charge in [-0.1, -0.05) is 0 Å². The zero-order chi connectivity index (χ0) is 16.4. The Bertz CT molecular complexity index is 805. The Morgan fingerprint density at radius 1 is 1.39 bits per heavy atom. The van der Waals surface area contributed by atoms with Gasteiger partial charge in [0.15, 0.2) is 0 Å². The number of nitrogens with one attached hydrogen (secondary N) is 3. The second-order valence-electron chi connectivity index (χ2n) is 4.96. The van der Waals surface area contributed by atoms with E-state index in [4.69, 9.17) is 5.73 Å². The predicted octanol–water partition coefficient (Wildman–Crippen LogP) is 1.17. The number of H-pyrrole nitrogens is 1. The van der Waals surface area contributed by atoms with E-state index in [0.29, 0.717) is 21.0 Å². The molecule has 1 aliphatic heterocycles. The molecule has 0 aliphatic carbocycles. The first-order valence-corrected chi connectivity index (χ1v) is 7.73. The maximum Gasteiger partial charge on any atom is 0.261 e. The molecule has 0 saturated carbocycles. The van der Waals surface area contributed by atoms with Crippen LogP contribution in [-0.2, 0) is 9.59 Å². The monoisotopic (exact) mass is 330 g/mol. The molecule has 0 aromatic carbocycles. The second kappa shape index (κ2) is 6.09. The lowest BCUT2D eigenvalue weighted by Gasteiger charge is -2.01. The van der Waals surface area contributed by atoms with Gasteiger partial charge < -0.3 is 21.4 Å². The fourth-order valence-corrected chi connectivity index (χ4v) is 3.19. The van der Waals surface area contributed by atoms with Gasteiger partial charge in [0.25, 0.3) is 11.8 Å². The molecule has 2 aromatic heterocycles. The van der Waals surface area contributed by atoms with Gasteiger partial charge in [-0.05, 0) is 24.3 Å². The Morgan fingerprint density at radius 2 is 2.22 bits per heavy atom. The van der Waals surface area contributed by atoms with Crippen molar-refractivity contribution in [2.45, 2.75) is 6.42 Å². The van der Waals surface area contributed by atoms with Crippen LogP contribution in [0.4, 0.5) is 5.00 Å². The standard InChI is InChI=1S/C15H14N4O3S/c16-12(20)3-5-18-14(22)11-7-10-9(6-8-2-1-4-17-8)13(21)19-15(10)23-11/h1-2,4,6-7,17H,3,5H2,(H2,16,20)(H,18,22)(H,19,21). The van der Waals surface area contributed by atoms with E-state index in [2.05, 4.69) is 15.6 Å². The van der Waals surface area contributed by atoms with Crippen molar-refractivity contribution >= 4 is 45.7 Å².